The number of ketones is 1. The third kappa shape index (κ3) is 2.50. The maximum absolute atomic E-state index is 11.5. The standard InChI is InChI=1S/C16H18O3/c1-11-9-12(3-5-14(11)17)13-4-6-15-16(10-13)19-8-2-7-18-15/h4,6,10,12H,1-3,5,7-9H2. The number of carbonyl (C=O) groups is 1. The Morgan fingerprint density at radius 2 is 1.95 bits per heavy atom. The zero-order valence-electron chi connectivity index (χ0n) is 11.0. The summed E-state index contributed by atoms with van der Waals surface area (Å²) in [6.07, 6.45) is 3.19. The predicted molar refractivity (Wildman–Crippen MR) is 72.8 cm³/mol. The van der Waals surface area contributed by atoms with Gasteiger partial charge in [0.15, 0.2) is 17.3 Å². The minimum atomic E-state index is 0.214. The van der Waals surface area contributed by atoms with E-state index in [4.69, 9.17) is 9.47 Å². The topological polar surface area (TPSA) is 35.5 Å². The molecule has 0 bridgehead atoms. The number of carbonyl (C=O) groups excluding carboxylic acids is 1. The number of Topliss-reactive ketones (excluding diaryl/α,β-unsaturated/α-hetero) is 1. The Morgan fingerprint density at radius 1 is 1.16 bits per heavy atom. The zero-order chi connectivity index (χ0) is 13.2. The van der Waals surface area contributed by atoms with Crippen LogP contribution >= 0.6 is 0 Å². The Balaban J connectivity index is 1.83. The number of rotatable bonds is 1. The van der Waals surface area contributed by atoms with Gasteiger partial charge in [0.25, 0.3) is 0 Å². The highest BCUT2D eigenvalue weighted by Gasteiger charge is 2.24. The van der Waals surface area contributed by atoms with Crippen molar-refractivity contribution in [2.75, 3.05) is 13.2 Å². The van der Waals surface area contributed by atoms with E-state index in [1.165, 1.54) is 5.56 Å². The Labute approximate surface area is 113 Å². The largest absolute Gasteiger partial charge is 0.490 e. The number of hydrogen-bond donors (Lipinski definition) is 0. The number of fused-ring (bicyclic) bond motifs is 1. The summed E-state index contributed by atoms with van der Waals surface area (Å²) in [6, 6.07) is 6.13. The van der Waals surface area contributed by atoms with Crippen LogP contribution in [0.2, 0.25) is 0 Å². The highest BCUT2D eigenvalue weighted by molar-refractivity contribution is 5.95. The lowest BCUT2D eigenvalue weighted by Gasteiger charge is -2.23. The van der Waals surface area contributed by atoms with E-state index >= 15 is 0 Å². The summed E-state index contributed by atoms with van der Waals surface area (Å²) in [5.74, 6) is 2.25. The van der Waals surface area contributed by atoms with Crippen molar-refractivity contribution in [3.05, 3.63) is 35.9 Å². The molecular formula is C16H18O3. The normalized spacial score (nSPS) is 23.1. The van der Waals surface area contributed by atoms with Gasteiger partial charge in [0.2, 0.25) is 0 Å². The summed E-state index contributed by atoms with van der Waals surface area (Å²) in [6.45, 7) is 5.28. The van der Waals surface area contributed by atoms with Gasteiger partial charge in [0, 0.05) is 12.8 Å². The van der Waals surface area contributed by atoms with Gasteiger partial charge in [0.1, 0.15) is 0 Å². The molecule has 2 aliphatic rings. The zero-order valence-corrected chi connectivity index (χ0v) is 11.0. The SMILES string of the molecule is C=C1CC(c2ccc3c(c2)OCCCO3)CCC1=O. The van der Waals surface area contributed by atoms with Gasteiger partial charge >= 0.3 is 0 Å². The number of ether oxygens (including phenoxy) is 2. The number of benzene rings is 1. The van der Waals surface area contributed by atoms with Crippen LogP contribution in [-0.4, -0.2) is 19.0 Å². The molecule has 100 valence electrons. The van der Waals surface area contributed by atoms with Crippen molar-refractivity contribution < 1.29 is 14.3 Å². The van der Waals surface area contributed by atoms with Crippen molar-refractivity contribution in [1.82, 2.24) is 0 Å². The van der Waals surface area contributed by atoms with E-state index in [0.717, 1.165) is 36.3 Å². The lowest BCUT2D eigenvalue weighted by molar-refractivity contribution is -0.116. The van der Waals surface area contributed by atoms with Crippen molar-refractivity contribution in [1.29, 1.82) is 0 Å². The second-order valence-corrected chi connectivity index (χ2v) is 5.22. The van der Waals surface area contributed by atoms with Gasteiger partial charge in [-0.25, -0.2) is 0 Å². The molecule has 1 aromatic rings. The van der Waals surface area contributed by atoms with Gasteiger partial charge in [-0.2, -0.15) is 0 Å². The Bertz CT molecular complexity index is 519. The molecule has 1 heterocycles. The minimum Gasteiger partial charge on any atom is -0.490 e. The van der Waals surface area contributed by atoms with E-state index in [1.807, 2.05) is 6.07 Å². The first-order chi connectivity index (χ1) is 9.24. The molecule has 1 aliphatic heterocycles. The van der Waals surface area contributed by atoms with E-state index in [1.54, 1.807) is 0 Å². The van der Waals surface area contributed by atoms with Crippen LogP contribution in [0.3, 0.4) is 0 Å². The van der Waals surface area contributed by atoms with Crippen LogP contribution < -0.4 is 9.47 Å². The molecule has 0 radical (unpaired) electrons. The first-order valence-corrected chi connectivity index (χ1v) is 6.84. The summed E-state index contributed by atoms with van der Waals surface area (Å²) in [4.78, 5) is 11.5. The fraction of sp³-hybridized carbons (Fsp3) is 0.438. The maximum atomic E-state index is 11.5. The van der Waals surface area contributed by atoms with Crippen LogP contribution in [0.1, 0.15) is 37.2 Å². The first kappa shape index (κ1) is 12.3. The molecule has 19 heavy (non-hydrogen) atoms. The van der Waals surface area contributed by atoms with Gasteiger partial charge in [-0.15, -0.1) is 0 Å². The summed E-state index contributed by atoms with van der Waals surface area (Å²) < 4.78 is 11.3. The van der Waals surface area contributed by atoms with Crippen LogP contribution in [0.25, 0.3) is 0 Å². The Morgan fingerprint density at radius 3 is 2.74 bits per heavy atom. The van der Waals surface area contributed by atoms with Crippen molar-refractivity contribution >= 4 is 5.78 Å². The van der Waals surface area contributed by atoms with Crippen LogP contribution in [0.15, 0.2) is 30.4 Å². The van der Waals surface area contributed by atoms with E-state index in [0.29, 0.717) is 25.6 Å². The summed E-state index contributed by atoms with van der Waals surface area (Å²) in [5, 5.41) is 0. The molecule has 3 nitrogen and oxygen atoms in total. The molecule has 0 aromatic heterocycles. The van der Waals surface area contributed by atoms with Gasteiger partial charge in [-0.3, -0.25) is 4.79 Å². The average molecular weight is 258 g/mol. The lowest BCUT2D eigenvalue weighted by Crippen LogP contribution is -2.15. The van der Waals surface area contributed by atoms with E-state index in [-0.39, 0.29) is 5.78 Å². The highest BCUT2D eigenvalue weighted by Crippen LogP contribution is 2.38. The quantitative estimate of drug-likeness (QED) is 0.725. The minimum absolute atomic E-state index is 0.214. The molecule has 0 amide bonds. The predicted octanol–water partition coefficient (Wildman–Crippen LogP) is 3.24. The molecular weight excluding hydrogens is 240 g/mol. The van der Waals surface area contributed by atoms with Gasteiger partial charge in [-0.05, 0) is 42.0 Å². The second-order valence-electron chi connectivity index (χ2n) is 5.22. The molecule has 0 spiro atoms. The monoisotopic (exact) mass is 258 g/mol. The third-order valence-electron chi connectivity index (χ3n) is 3.85. The molecule has 1 aromatic carbocycles. The highest BCUT2D eigenvalue weighted by atomic mass is 16.5. The fourth-order valence-electron chi connectivity index (χ4n) is 2.71. The second kappa shape index (κ2) is 5.08. The van der Waals surface area contributed by atoms with E-state index < -0.39 is 0 Å². The number of allylic oxidation sites excluding steroid dienone is 1. The molecule has 3 heteroatoms. The fourth-order valence-corrected chi connectivity index (χ4v) is 2.71. The number of hydrogen-bond acceptors (Lipinski definition) is 3. The molecule has 0 saturated heterocycles. The van der Waals surface area contributed by atoms with Crippen LogP contribution in [0, 0.1) is 0 Å². The smallest absolute Gasteiger partial charge is 0.161 e. The molecule has 1 atom stereocenters. The molecule has 1 aliphatic carbocycles. The third-order valence-corrected chi connectivity index (χ3v) is 3.85. The summed E-state index contributed by atoms with van der Waals surface area (Å²) >= 11 is 0. The van der Waals surface area contributed by atoms with Crippen LogP contribution in [0.4, 0.5) is 0 Å². The maximum Gasteiger partial charge on any atom is 0.161 e. The molecule has 0 N–H and O–H groups in total. The lowest BCUT2D eigenvalue weighted by atomic mass is 9.81. The molecule has 1 saturated carbocycles. The van der Waals surface area contributed by atoms with Gasteiger partial charge in [-0.1, -0.05) is 12.6 Å². The average Bonchev–Trinajstić information content (AvgIpc) is 2.66. The molecule has 3 rings (SSSR count). The van der Waals surface area contributed by atoms with Crippen molar-refractivity contribution in [3.63, 3.8) is 0 Å². The van der Waals surface area contributed by atoms with Gasteiger partial charge < -0.3 is 9.47 Å². The summed E-state index contributed by atoms with van der Waals surface area (Å²) in [5.41, 5.74) is 1.97. The summed E-state index contributed by atoms with van der Waals surface area (Å²) in [7, 11) is 0. The Kier molecular flexibility index (Phi) is 3.28. The van der Waals surface area contributed by atoms with Crippen molar-refractivity contribution in [2.45, 2.75) is 31.6 Å². The van der Waals surface area contributed by atoms with Crippen molar-refractivity contribution in [3.8, 4) is 11.5 Å². The first-order valence-electron chi connectivity index (χ1n) is 6.84. The molecule has 1 fully saturated rings. The van der Waals surface area contributed by atoms with Crippen LogP contribution in [-0.2, 0) is 4.79 Å². The molecule has 1 unspecified atom stereocenters. The van der Waals surface area contributed by atoms with Crippen LogP contribution in [0.5, 0.6) is 11.5 Å². The van der Waals surface area contributed by atoms with Crippen molar-refractivity contribution in [2.24, 2.45) is 0 Å². The van der Waals surface area contributed by atoms with E-state index in [2.05, 4.69) is 18.7 Å². The Hall–Kier alpha value is -1.77. The van der Waals surface area contributed by atoms with Gasteiger partial charge in [0.05, 0.1) is 13.2 Å². The van der Waals surface area contributed by atoms with E-state index in [9.17, 15) is 4.79 Å².